The quantitative estimate of drug-likeness (QED) is 0.684. The van der Waals surface area contributed by atoms with E-state index in [1.807, 2.05) is 0 Å². The Hall–Kier alpha value is -2.65. The van der Waals surface area contributed by atoms with E-state index in [-0.39, 0.29) is 35.3 Å². The van der Waals surface area contributed by atoms with Crippen LogP contribution in [0.2, 0.25) is 5.02 Å². The minimum absolute atomic E-state index is 0.0310. The number of nitrogens with one attached hydrogen (secondary N) is 1. The zero-order chi connectivity index (χ0) is 22.2. The maximum absolute atomic E-state index is 13.4. The van der Waals surface area contributed by atoms with Crippen molar-refractivity contribution >= 4 is 29.1 Å². The molecule has 160 valence electrons. The Kier molecular flexibility index (Phi) is 6.05. The van der Waals surface area contributed by atoms with Crippen molar-refractivity contribution in [2.24, 2.45) is 0 Å². The number of anilines is 1. The predicted octanol–water partition coefficient (Wildman–Crippen LogP) is 4.02. The van der Waals surface area contributed by atoms with Crippen LogP contribution in [0.1, 0.15) is 34.0 Å². The van der Waals surface area contributed by atoms with Gasteiger partial charge in [0.15, 0.2) is 0 Å². The highest BCUT2D eigenvalue weighted by molar-refractivity contribution is 6.34. The first-order valence-corrected chi connectivity index (χ1v) is 9.29. The van der Waals surface area contributed by atoms with Crippen molar-refractivity contribution in [2.75, 3.05) is 11.9 Å². The lowest BCUT2D eigenvalue weighted by Crippen LogP contribution is -2.35. The van der Waals surface area contributed by atoms with E-state index in [1.165, 1.54) is 17.0 Å². The minimum atomic E-state index is -4.88. The number of aliphatic hydroxyl groups excluding tert-OH is 1. The van der Waals surface area contributed by atoms with Crippen LogP contribution >= 0.6 is 11.6 Å². The standard InChI is InChI=1S/C20H17ClF4N2O3/c1-10(9-28)27-8-13-12(19(27)30)3-4-15(21)18(13)26-17(29)7-11-2-5-16(22)14(6-11)20(23,24)25/h2-6,10,28H,7-9H2,1H3,(H,26,29)/t10-/m1/s1. The lowest BCUT2D eigenvalue weighted by Gasteiger charge is -2.22. The molecular weight excluding hydrogens is 428 g/mol. The third-order valence-electron chi connectivity index (χ3n) is 4.84. The van der Waals surface area contributed by atoms with Gasteiger partial charge in [-0.2, -0.15) is 13.2 Å². The average molecular weight is 445 g/mol. The van der Waals surface area contributed by atoms with Gasteiger partial charge in [0.1, 0.15) is 5.82 Å². The fourth-order valence-corrected chi connectivity index (χ4v) is 3.46. The van der Waals surface area contributed by atoms with Gasteiger partial charge in [-0.1, -0.05) is 17.7 Å². The summed E-state index contributed by atoms with van der Waals surface area (Å²) >= 11 is 6.18. The molecular formula is C20H17ClF4N2O3. The van der Waals surface area contributed by atoms with Gasteiger partial charge in [-0.05, 0) is 36.8 Å². The number of halogens is 5. The molecule has 2 aromatic carbocycles. The molecule has 1 atom stereocenters. The largest absolute Gasteiger partial charge is 0.419 e. The molecule has 1 aliphatic rings. The number of carbonyl (C=O) groups is 2. The van der Waals surface area contributed by atoms with Gasteiger partial charge in [0.25, 0.3) is 5.91 Å². The molecule has 0 aromatic heterocycles. The summed E-state index contributed by atoms with van der Waals surface area (Å²) in [6.07, 6.45) is -5.33. The van der Waals surface area contributed by atoms with Crippen LogP contribution in [0.15, 0.2) is 30.3 Å². The van der Waals surface area contributed by atoms with E-state index in [1.54, 1.807) is 6.92 Å². The van der Waals surface area contributed by atoms with Gasteiger partial charge >= 0.3 is 6.18 Å². The van der Waals surface area contributed by atoms with E-state index in [9.17, 15) is 32.3 Å². The van der Waals surface area contributed by atoms with Crippen LogP contribution in [0.3, 0.4) is 0 Å². The molecule has 0 spiro atoms. The molecule has 0 fully saturated rings. The summed E-state index contributed by atoms with van der Waals surface area (Å²) in [7, 11) is 0. The predicted molar refractivity (Wildman–Crippen MR) is 102 cm³/mol. The summed E-state index contributed by atoms with van der Waals surface area (Å²) in [5.74, 6) is -2.43. The van der Waals surface area contributed by atoms with Crippen molar-refractivity contribution < 1.29 is 32.3 Å². The number of hydrogen-bond acceptors (Lipinski definition) is 3. The Balaban J connectivity index is 1.84. The second kappa shape index (κ2) is 8.23. The number of nitrogens with zero attached hydrogens (tertiary/aromatic N) is 1. The summed E-state index contributed by atoms with van der Waals surface area (Å²) < 4.78 is 52.0. The van der Waals surface area contributed by atoms with E-state index in [0.717, 1.165) is 6.07 Å². The topological polar surface area (TPSA) is 69.6 Å². The zero-order valence-corrected chi connectivity index (χ0v) is 16.4. The molecule has 30 heavy (non-hydrogen) atoms. The molecule has 10 heteroatoms. The van der Waals surface area contributed by atoms with Crippen molar-refractivity contribution in [3.8, 4) is 0 Å². The molecule has 1 aliphatic heterocycles. The maximum Gasteiger partial charge on any atom is 0.419 e. The van der Waals surface area contributed by atoms with Crippen molar-refractivity contribution in [1.29, 1.82) is 0 Å². The van der Waals surface area contributed by atoms with Crippen LogP contribution < -0.4 is 5.32 Å². The second-order valence-corrected chi connectivity index (χ2v) is 7.36. The van der Waals surface area contributed by atoms with Gasteiger partial charge in [-0.15, -0.1) is 0 Å². The first kappa shape index (κ1) is 22.0. The first-order chi connectivity index (χ1) is 14.0. The zero-order valence-electron chi connectivity index (χ0n) is 15.7. The summed E-state index contributed by atoms with van der Waals surface area (Å²) in [6.45, 7) is 1.53. The van der Waals surface area contributed by atoms with Gasteiger partial charge in [0.2, 0.25) is 5.91 Å². The molecule has 0 saturated carbocycles. The molecule has 0 saturated heterocycles. The monoisotopic (exact) mass is 444 g/mol. The maximum atomic E-state index is 13.4. The molecule has 2 aromatic rings. The van der Waals surface area contributed by atoms with E-state index in [4.69, 9.17) is 11.6 Å². The number of amides is 2. The van der Waals surface area contributed by atoms with E-state index in [2.05, 4.69) is 5.32 Å². The fraction of sp³-hybridized carbons (Fsp3) is 0.300. The van der Waals surface area contributed by atoms with Gasteiger partial charge in [-0.3, -0.25) is 9.59 Å². The Morgan fingerprint density at radius 1 is 1.30 bits per heavy atom. The number of alkyl halides is 3. The number of carbonyl (C=O) groups excluding carboxylic acids is 2. The Morgan fingerprint density at radius 3 is 2.63 bits per heavy atom. The summed E-state index contributed by atoms with van der Waals surface area (Å²) in [4.78, 5) is 26.4. The molecule has 2 N–H and O–H groups in total. The van der Waals surface area contributed by atoms with Crippen LogP contribution in [0.5, 0.6) is 0 Å². The molecule has 0 aliphatic carbocycles. The molecule has 2 amide bonds. The van der Waals surface area contributed by atoms with Crippen LogP contribution in [0, 0.1) is 5.82 Å². The van der Waals surface area contributed by atoms with Gasteiger partial charge < -0.3 is 15.3 Å². The number of fused-ring (bicyclic) bond motifs is 1. The van der Waals surface area contributed by atoms with Crippen LogP contribution in [0.4, 0.5) is 23.2 Å². The van der Waals surface area contributed by atoms with Crippen LogP contribution in [-0.2, 0) is 23.9 Å². The molecule has 0 bridgehead atoms. The summed E-state index contributed by atoms with van der Waals surface area (Å²) in [5.41, 5.74) is -0.534. The Morgan fingerprint density at radius 2 is 2.00 bits per heavy atom. The van der Waals surface area contributed by atoms with E-state index in [0.29, 0.717) is 23.3 Å². The number of hydrogen-bond donors (Lipinski definition) is 2. The SMILES string of the molecule is C[C@H](CO)N1Cc2c(ccc(Cl)c2NC(=O)Cc2ccc(F)c(C(F)(F)F)c2)C1=O. The summed E-state index contributed by atoms with van der Waals surface area (Å²) in [5, 5.41) is 12.0. The lowest BCUT2D eigenvalue weighted by molar-refractivity contribution is -0.140. The Bertz CT molecular complexity index is 1010. The van der Waals surface area contributed by atoms with Crippen LogP contribution in [0.25, 0.3) is 0 Å². The van der Waals surface area contributed by atoms with Crippen molar-refractivity contribution in [2.45, 2.75) is 32.1 Å². The van der Waals surface area contributed by atoms with E-state index >= 15 is 0 Å². The second-order valence-electron chi connectivity index (χ2n) is 6.95. The molecule has 5 nitrogen and oxygen atoms in total. The van der Waals surface area contributed by atoms with Gasteiger partial charge in [-0.25, -0.2) is 4.39 Å². The highest BCUT2D eigenvalue weighted by atomic mass is 35.5. The third-order valence-corrected chi connectivity index (χ3v) is 5.16. The molecule has 0 unspecified atom stereocenters. The van der Waals surface area contributed by atoms with Crippen molar-refractivity contribution in [3.63, 3.8) is 0 Å². The molecule has 1 heterocycles. The van der Waals surface area contributed by atoms with Crippen molar-refractivity contribution in [3.05, 3.63) is 63.4 Å². The average Bonchev–Trinajstić information content (AvgIpc) is 3.01. The minimum Gasteiger partial charge on any atom is -0.394 e. The highest BCUT2D eigenvalue weighted by Gasteiger charge is 2.35. The molecule has 3 rings (SSSR count). The lowest BCUT2D eigenvalue weighted by atomic mass is 10.1. The number of benzene rings is 2. The number of rotatable bonds is 5. The normalized spacial score (nSPS) is 14.6. The fourth-order valence-electron chi connectivity index (χ4n) is 3.24. The highest BCUT2D eigenvalue weighted by Crippen LogP contribution is 2.36. The van der Waals surface area contributed by atoms with Crippen molar-refractivity contribution in [1.82, 2.24) is 4.90 Å². The van der Waals surface area contributed by atoms with Gasteiger partial charge in [0.05, 0.1) is 35.3 Å². The van der Waals surface area contributed by atoms with Gasteiger partial charge in [0, 0.05) is 17.7 Å². The third kappa shape index (κ3) is 4.27. The Labute approximate surface area is 174 Å². The first-order valence-electron chi connectivity index (χ1n) is 8.91. The summed E-state index contributed by atoms with van der Waals surface area (Å²) in [6, 6.07) is 4.82. The number of aliphatic hydroxyl groups is 1. The van der Waals surface area contributed by atoms with E-state index < -0.39 is 35.9 Å². The molecule has 0 radical (unpaired) electrons. The smallest absolute Gasteiger partial charge is 0.394 e. The van der Waals surface area contributed by atoms with Crippen LogP contribution in [-0.4, -0.2) is 34.5 Å².